The van der Waals surface area contributed by atoms with Crippen LogP contribution in [0.3, 0.4) is 0 Å². The molecule has 0 saturated carbocycles. The Morgan fingerprint density at radius 2 is 2.10 bits per heavy atom. The number of nitrogens with one attached hydrogen (secondary N) is 1. The van der Waals surface area contributed by atoms with E-state index in [1.54, 1.807) is 19.2 Å². The van der Waals surface area contributed by atoms with Gasteiger partial charge in [0.1, 0.15) is 0 Å². The molecule has 5 rings (SSSR count). The van der Waals surface area contributed by atoms with Gasteiger partial charge in [-0.1, -0.05) is 0 Å². The number of carbonyl (C=O) groups excluding carboxylic acids is 1. The van der Waals surface area contributed by atoms with Crippen molar-refractivity contribution in [2.75, 3.05) is 36.2 Å². The Hall–Kier alpha value is -2.82. The number of hydrogen-bond acceptors (Lipinski definition) is 6. The van der Waals surface area contributed by atoms with Crippen molar-refractivity contribution in [3.63, 3.8) is 0 Å². The molecule has 0 atom stereocenters. The SMILES string of the molecule is COCCn1ccc2cc(NC(=O)c3ccc4c(c3)SC3=NS(=O)(=O)CCN34)ccc21. The van der Waals surface area contributed by atoms with Gasteiger partial charge in [0.2, 0.25) is 0 Å². The van der Waals surface area contributed by atoms with E-state index in [1.165, 1.54) is 11.8 Å². The van der Waals surface area contributed by atoms with Gasteiger partial charge in [-0.3, -0.25) is 4.79 Å². The second-order valence-electron chi connectivity index (χ2n) is 7.33. The summed E-state index contributed by atoms with van der Waals surface area (Å²) in [7, 11) is -1.73. The van der Waals surface area contributed by atoms with Crippen LogP contribution in [0.2, 0.25) is 0 Å². The summed E-state index contributed by atoms with van der Waals surface area (Å²) >= 11 is 1.28. The van der Waals surface area contributed by atoms with E-state index in [0.29, 0.717) is 29.6 Å². The molecule has 0 fully saturated rings. The van der Waals surface area contributed by atoms with Gasteiger partial charge in [-0.25, -0.2) is 8.42 Å². The second-order valence-corrected chi connectivity index (χ2v) is 10.1. The Bertz CT molecular complexity index is 1330. The average Bonchev–Trinajstić information content (AvgIpc) is 3.30. The number of rotatable bonds is 5. The summed E-state index contributed by atoms with van der Waals surface area (Å²) in [6, 6.07) is 13.2. The zero-order chi connectivity index (χ0) is 21.6. The summed E-state index contributed by atoms with van der Waals surface area (Å²) in [6.07, 6.45) is 2.00. The fourth-order valence-electron chi connectivity index (χ4n) is 3.74. The maximum absolute atomic E-state index is 12.8. The summed E-state index contributed by atoms with van der Waals surface area (Å²) in [5, 5.41) is 4.43. The standard InChI is InChI=1S/C21H20N4O4S2/c1-29-10-8-24-7-6-14-12-16(3-5-17(14)24)22-20(26)15-2-4-18-19(13-15)30-21-23-31(27,28)11-9-25(18)21/h2-7,12-13H,8-11H2,1H3,(H,22,26). The molecule has 0 spiro atoms. The first-order valence-electron chi connectivity index (χ1n) is 9.75. The fraction of sp³-hybridized carbons (Fsp3) is 0.238. The molecule has 0 radical (unpaired) electrons. The highest BCUT2D eigenvalue weighted by Crippen LogP contribution is 2.42. The molecule has 2 aliphatic heterocycles. The third-order valence-electron chi connectivity index (χ3n) is 5.30. The Kier molecular flexibility index (Phi) is 4.99. The van der Waals surface area contributed by atoms with E-state index in [1.807, 2.05) is 41.4 Å². The molecule has 2 aliphatic rings. The number of sulfonamides is 1. The van der Waals surface area contributed by atoms with Crippen LogP contribution in [-0.4, -0.2) is 50.1 Å². The van der Waals surface area contributed by atoms with Gasteiger partial charge < -0.3 is 19.5 Å². The van der Waals surface area contributed by atoms with Crippen molar-refractivity contribution in [2.24, 2.45) is 4.40 Å². The number of carbonyl (C=O) groups is 1. The van der Waals surface area contributed by atoms with Crippen LogP contribution in [0.15, 0.2) is 58.0 Å². The first-order chi connectivity index (χ1) is 14.9. The smallest absolute Gasteiger partial charge is 0.257 e. The fourth-order valence-corrected chi connectivity index (χ4v) is 6.03. The predicted molar refractivity (Wildman–Crippen MR) is 123 cm³/mol. The molecule has 0 aliphatic carbocycles. The van der Waals surface area contributed by atoms with Crippen molar-refractivity contribution in [3.8, 4) is 0 Å². The van der Waals surface area contributed by atoms with Gasteiger partial charge in [0, 0.05) is 53.4 Å². The van der Waals surface area contributed by atoms with Gasteiger partial charge in [-0.05, 0) is 54.2 Å². The van der Waals surface area contributed by atoms with Gasteiger partial charge in [-0.15, -0.1) is 4.40 Å². The van der Waals surface area contributed by atoms with Crippen LogP contribution in [0.25, 0.3) is 10.9 Å². The number of nitrogens with zero attached hydrogens (tertiary/aromatic N) is 3. The number of methoxy groups -OCH3 is 1. The number of fused-ring (bicyclic) bond motifs is 4. The zero-order valence-corrected chi connectivity index (χ0v) is 18.4. The first-order valence-corrected chi connectivity index (χ1v) is 12.2. The van der Waals surface area contributed by atoms with Gasteiger partial charge in [-0.2, -0.15) is 0 Å². The Balaban J connectivity index is 1.35. The molecule has 3 heterocycles. The highest BCUT2D eigenvalue weighted by atomic mass is 32.2. The number of ether oxygens (including phenoxy) is 1. The molecular weight excluding hydrogens is 436 g/mol. The lowest BCUT2D eigenvalue weighted by atomic mass is 10.1. The van der Waals surface area contributed by atoms with E-state index in [9.17, 15) is 13.2 Å². The van der Waals surface area contributed by atoms with Crippen molar-refractivity contribution >= 4 is 55.1 Å². The van der Waals surface area contributed by atoms with Crippen molar-refractivity contribution < 1.29 is 17.9 Å². The molecule has 3 aromatic rings. The number of aromatic nitrogens is 1. The Morgan fingerprint density at radius 3 is 2.94 bits per heavy atom. The van der Waals surface area contributed by atoms with Crippen LogP contribution in [0.5, 0.6) is 0 Å². The van der Waals surface area contributed by atoms with Crippen LogP contribution in [0.4, 0.5) is 11.4 Å². The molecule has 0 unspecified atom stereocenters. The third kappa shape index (κ3) is 3.82. The van der Waals surface area contributed by atoms with Crippen molar-refractivity contribution in [3.05, 3.63) is 54.2 Å². The maximum atomic E-state index is 12.8. The number of anilines is 2. The minimum absolute atomic E-state index is 0.00555. The minimum atomic E-state index is -3.41. The first kappa shape index (κ1) is 20.1. The largest absolute Gasteiger partial charge is 0.383 e. The molecule has 1 amide bonds. The number of amidine groups is 1. The summed E-state index contributed by atoms with van der Waals surface area (Å²) in [5.41, 5.74) is 3.18. The Morgan fingerprint density at radius 1 is 1.23 bits per heavy atom. The molecule has 0 saturated heterocycles. The molecule has 160 valence electrons. The normalized spacial score (nSPS) is 16.7. The highest BCUT2D eigenvalue weighted by Gasteiger charge is 2.33. The van der Waals surface area contributed by atoms with E-state index in [4.69, 9.17) is 4.74 Å². The predicted octanol–water partition coefficient (Wildman–Crippen LogP) is 3.15. The molecule has 10 heteroatoms. The molecule has 0 bridgehead atoms. The van der Waals surface area contributed by atoms with Crippen molar-refractivity contribution in [2.45, 2.75) is 11.4 Å². The number of thioether (sulfide) groups is 1. The Labute approximate surface area is 183 Å². The van der Waals surface area contributed by atoms with E-state index in [-0.39, 0.29) is 11.7 Å². The summed E-state index contributed by atoms with van der Waals surface area (Å²) in [4.78, 5) is 15.5. The van der Waals surface area contributed by atoms with E-state index >= 15 is 0 Å². The monoisotopic (exact) mass is 456 g/mol. The topological polar surface area (TPSA) is 93.0 Å². The highest BCUT2D eigenvalue weighted by molar-refractivity contribution is 8.15. The average molecular weight is 457 g/mol. The molecular formula is C21H20N4O4S2. The maximum Gasteiger partial charge on any atom is 0.257 e. The van der Waals surface area contributed by atoms with E-state index < -0.39 is 10.0 Å². The molecule has 8 nitrogen and oxygen atoms in total. The molecule has 1 aromatic heterocycles. The number of amides is 1. The van der Waals surface area contributed by atoms with Gasteiger partial charge in [0.25, 0.3) is 15.9 Å². The molecule has 1 N–H and O–H groups in total. The number of hydrogen-bond donors (Lipinski definition) is 1. The lowest BCUT2D eigenvalue weighted by Crippen LogP contribution is -2.35. The van der Waals surface area contributed by atoms with Crippen molar-refractivity contribution in [1.29, 1.82) is 0 Å². The minimum Gasteiger partial charge on any atom is -0.383 e. The van der Waals surface area contributed by atoms with Gasteiger partial charge in [0.05, 0.1) is 18.0 Å². The summed E-state index contributed by atoms with van der Waals surface area (Å²) in [6.45, 7) is 1.77. The van der Waals surface area contributed by atoms with Crippen LogP contribution in [-0.2, 0) is 21.3 Å². The molecule has 2 aromatic carbocycles. The quantitative estimate of drug-likeness (QED) is 0.634. The summed E-state index contributed by atoms with van der Waals surface area (Å²) < 4.78 is 34.6. The third-order valence-corrected chi connectivity index (χ3v) is 7.61. The van der Waals surface area contributed by atoms with Gasteiger partial charge >= 0.3 is 0 Å². The second kappa shape index (κ2) is 7.70. The van der Waals surface area contributed by atoms with Crippen LogP contribution < -0.4 is 10.2 Å². The molecule has 31 heavy (non-hydrogen) atoms. The lowest BCUT2D eigenvalue weighted by molar-refractivity contribution is 0.102. The van der Waals surface area contributed by atoms with Crippen LogP contribution >= 0.6 is 11.8 Å². The number of benzene rings is 2. The summed E-state index contributed by atoms with van der Waals surface area (Å²) in [5.74, 6) is -0.227. The van der Waals surface area contributed by atoms with Crippen LogP contribution in [0, 0.1) is 0 Å². The van der Waals surface area contributed by atoms with Crippen LogP contribution in [0.1, 0.15) is 10.4 Å². The van der Waals surface area contributed by atoms with Crippen molar-refractivity contribution in [1.82, 2.24) is 4.57 Å². The van der Waals surface area contributed by atoms with E-state index in [0.717, 1.165) is 28.0 Å². The van der Waals surface area contributed by atoms with E-state index in [2.05, 4.69) is 14.3 Å². The zero-order valence-electron chi connectivity index (χ0n) is 16.7. The van der Waals surface area contributed by atoms with Gasteiger partial charge in [0.15, 0.2) is 5.17 Å². The lowest BCUT2D eigenvalue weighted by Gasteiger charge is -2.22.